The van der Waals surface area contributed by atoms with Crippen molar-refractivity contribution in [2.24, 2.45) is 5.92 Å². The molecule has 2 aromatic carbocycles. The summed E-state index contributed by atoms with van der Waals surface area (Å²) in [4.78, 5) is 17.4. The summed E-state index contributed by atoms with van der Waals surface area (Å²) in [6.07, 6.45) is 5.52. The van der Waals surface area contributed by atoms with E-state index in [1.807, 2.05) is 12.1 Å². The highest BCUT2D eigenvalue weighted by molar-refractivity contribution is 6.13. The molecule has 3 unspecified atom stereocenters. The number of piperidine rings is 1. The SMILES string of the molecule is COc1cccc2c1[nH]c1c(OC)cc3c(c12)CC1C2CCCCC32CCN1C(=O)O. The van der Waals surface area contributed by atoms with Crippen molar-refractivity contribution in [3.63, 3.8) is 0 Å². The van der Waals surface area contributed by atoms with E-state index in [4.69, 9.17) is 9.47 Å². The van der Waals surface area contributed by atoms with Crippen molar-refractivity contribution in [3.8, 4) is 11.5 Å². The van der Waals surface area contributed by atoms with Gasteiger partial charge in [0.05, 0.1) is 25.3 Å². The summed E-state index contributed by atoms with van der Waals surface area (Å²) in [6.45, 7) is 0.623. The largest absolute Gasteiger partial charge is 0.495 e. The number of methoxy groups -OCH3 is 2. The van der Waals surface area contributed by atoms with Gasteiger partial charge in [0.15, 0.2) is 0 Å². The Morgan fingerprint density at radius 1 is 1.16 bits per heavy atom. The van der Waals surface area contributed by atoms with E-state index in [0.717, 1.165) is 53.6 Å². The molecule has 2 fully saturated rings. The number of benzene rings is 2. The minimum Gasteiger partial charge on any atom is -0.495 e. The predicted molar refractivity (Wildman–Crippen MR) is 119 cm³/mol. The van der Waals surface area contributed by atoms with Gasteiger partial charge in [-0.15, -0.1) is 0 Å². The van der Waals surface area contributed by atoms with Crippen molar-refractivity contribution >= 4 is 27.9 Å². The van der Waals surface area contributed by atoms with E-state index in [9.17, 15) is 9.90 Å². The quantitative estimate of drug-likeness (QED) is 0.607. The second-order valence-electron chi connectivity index (χ2n) is 9.37. The van der Waals surface area contributed by atoms with Crippen molar-refractivity contribution in [2.75, 3.05) is 20.8 Å². The fourth-order valence-corrected chi connectivity index (χ4v) is 7.11. The average Bonchev–Trinajstić information content (AvgIpc) is 3.18. The number of fused-ring (bicyclic) bond motifs is 5. The first-order valence-corrected chi connectivity index (χ1v) is 11.3. The van der Waals surface area contributed by atoms with Gasteiger partial charge in [-0.3, -0.25) is 0 Å². The molecular weight excluding hydrogens is 392 g/mol. The lowest BCUT2D eigenvalue weighted by Gasteiger charge is -2.58. The van der Waals surface area contributed by atoms with Gasteiger partial charge >= 0.3 is 6.09 Å². The van der Waals surface area contributed by atoms with Gasteiger partial charge < -0.3 is 24.5 Å². The third-order valence-electron chi connectivity index (χ3n) is 8.34. The number of nitrogens with one attached hydrogen (secondary N) is 1. The normalized spacial score (nSPS) is 27.1. The second kappa shape index (κ2) is 6.55. The summed E-state index contributed by atoms with van der Waals surface area (Å²) in [5, 5.41) is 12.3. The van der Waals surface area contributed by atoms with Gasteiger partial charge in [0.2, 0.25) is 0 Å². The van der Waals surface area contributed by atoms with Gasteiger partial charge in [-0.2, -0.15) is 0 Å². The Bertz CT molecular complexity index is 1220. The van der Waals surface area contributed by atoms with E-state index < -0.39 is 6.09 Å². The molecule has 0 spiro atoms. The maximum atomic E-state index is 12.1. The molecule has 3 atom stereocenters. The maximum Gasteiger partial charge on any atom is 0.407 e. The summed E-state index contributed by atoms with van der Waals surface area (Å²) < 4.78 is 11.5. The average molecular weight is 421 g/mol. The molecule has 0 radical (unpaired) electrons. The van der Waals surface area contributed by atoms with Crippen LogP contribution in [0.1, 0.15) is 43.2 Å². The van der Waals surface area contributed by atoms with Gasteiger partial charge in [0, 0.05) is 28.8 Å². The van der Waals surface area contributed by atoms with Crippen LogP contribution in [0.2, 0.25) is 0 Å². The number of hydrogen-bond donors (Lipinski definition) is 2. The molecule has 2 heterocycles. The number of aromatic nitrogens is 1. The molecule has 2 N–H and O–H groups in total. The van der Waals surface area contributed by atoms with Crippen molar-refractivity contribution in [1.82, 2.24) is 9.88 Å². The molecule has 1 aromatic heterocycles. The zero-order valence-electron chi connectivity index (χ0n) is 18.0. The van der Waals surface area contributed by atoms with Crippen molar-refractivity contribution in [2.45, 2.75) is 50.0 Å². The van der Waals surface area contributed by atoms with E-state index in [0.29, 0.717) is 12.5 Å². The first kappa shape index (κ1) is 18.8. The van der Waals surface area contributed by atoms with Crippen LogP contribution in [-0.2, 0) is 11.8 Å². The van der Waals surface area contributed by atoms with Crippen LogP contribution in [0, 0.1) is 5.92 Å². The molecule has 6 heteroatoms. The van der Waals surface area contributed by atoms with E-state index in [2.05, 4.69) is 17.1 Å². The fraction of sp³-hybridized carbons (Fsp3) is 0.480. The Morgan fingerprint density at radius 2 is 2.00 bits per heavy atom. The predicted octanol–water partition coefficient (Wildman–Crippen LogP) is 5.07. The Morgan fingerprint density at radius 3 is 2.77 bits per heavy atom. The third-order valence-corrected chi connectivity index (χ3v) is 8.34. The smallest absolute Gasteiger partial charge is 0.407 e. The van der Waals surface area contributed by atoms with Gasteiger partial charge in [0.25, 0.3) is 0 Å². The third kappa shape index (κ3) is 2.36. The van der Waals surface area contributed by atoms with Crippen LogP contribution in [0.15, 0.2) is 24.3 Å². The highest BCUT2D eigenvalue weighted by Crippen LogP contribution is 2.58. The number of amides is 1. The van der Waals surface area contributed by atoms with Crippen molar-refractivity contribution < 1.29 is 19.4 Å². The van der Waals surface area contributed by atoms with E-state index in [-0.39, 0.29) is 11.5 Å². The molecule has 1 saturated carbocycles. The monoisotopic (exact) mass is 420 g/mol. The number of aromatic amines is 1. The molecule has 31 heavy (non-hydrogen) atoms. The van der Waals surface area contributed by atoms with Gasteiger partial charge in [0.1, 0.15) is 11.5 Å². The molecule has 3 aromatic rings. The number of para-hydroxylation sites is 1. The number of nitrogens with zero attached hydrogens (tertiary/aromatic N) is 1. The highest BCUT2D eigenvalue weighted by atomic mass is 16.5. The van der Waals surface area contributed by atoms with Crippen LogP contribution in [-0.4, -0.2) is 47.9 Å². The zero-order valence-corrected chi connectivity index (χ0v) is 18.0. The number of carbonyl (C=O) groups is 1. The number of rotatable bonds is 2. The standard InChI is InChI=1S/C25H28N2O4/c1-30-19-8-5-6-14-21-15-12-18-16-7-3-4-9-25(16,10-11-27(18)24(28)29)17(15)13-20(31-2)23(21)26-22(14)19/h5-6,8,13,16,18,26H,3-4,7,9-12H2,1-2H3,(H,28,29). The molecule has 2 aliphatic carbocycles. The van der Waals surface area contributed by atoms with Crippen LogP contribution in [0.5, 0.6) is 11.5 Å². The summed E-state index contributed by atoms with van der Waals surface area (Å²) in [5.41, 5.74) is 4.68. The molecule has 162 valence electrons. The minimum absolute atomic E-state index is 0.0474. The minimum atomic E-state index is -0.780. The number of H-pyrrole nitrogens is 1. The van der Waals surface area contributed by atoms with Crippen LogP contribution in [0.4, 0.5) is 4.79 Å². The lowest BCUT2D eigenvalue weighted by Crippen LogP contribution is -2.62. The van der Waals surface area contributed by atoms with Crippen LogP contribution >= 0.6 is 0 Å². The Balaban J connectivity index is 1.70. The number of likely N-dealkylation sites (tertiary alicyclic amines) is 1. The highest BCUT2D eigenvalue weighted by Gasteiger charge is 2.55. The zero-order chi connectivity index (χ0) is 21.3. The van der Waals surface area contributed by atoms with Crippen LogP contribution in [0.3, 0.4) is 0 Å². The molecule has 6 nitrogen and oxygen atoms in total. The summed E-state index contributed by atoms with van der Waals surface area (Å²) in [7, 11) is 3.42. The Kier molecular flexibility index (Phi) is 3.98. The lowest BCUT2D eigenvalue weighted by molar-refractivity contribution is -0.00248. The summed E-state index contributed by atoms with van der Waals surface area (Å²) in [6, 6.07) is 8.42. The van der Waals surface area contributed by atoms with Crippen molar-refractivity contribution in [1.29, 1.82) is 0 Å². The van der Waals surface area contributed by atoms with Gasteiger partial charge in [-0.05, 0) is 54.9 Å². The fourth-order valence-electron chi connectivity index (χ4n) is 7.11. The molecular formula is C25H28N2O4. The number of ether oxygens (including phenoxy) is 2. The van der Waals surface area contributed by atoms with Crippen molar-refractivity contribution in [3.05, 3.63) is 35.4 Å². The first-order valence-electron chi connectivity index (χ1n) is 11.3. The number of carboxylic acid groups (broad SMARTS) is 1. The first-order chi connectivity index (χ1) is 15.1. The number of hydrogen-bond acceptors (Lipinski definition) is 3. The van der Waals surface area contributed by atoms with Gasteiger partial charge in [-0.1, -0.05) is 25.0 Å². The second-order valence-corrected chi connectivity index (χ2v) is 9.37. The summed E-state index contributed by atoms with van der Waals surface area (Å²) >= 11 is 0. The Labute approximate surface area is 181 Å². The molecule has 2 bridgehead atoms. The van der Waals surface area contributed by atoms with Gasteiger partial charge in [-0.25, -0.2) is 4.79 Å². The molecule has 3 aliphatic rings. The maximum absolute atomic E-state index is 12.1. The van der Waals surface area contributed by atoms with E-state index >= 15 is 0 Å². The van der Waals surface area contributed by atoms with E-state index in [1.54, 1.807) is 19.1 Å². The molecule has 1 aliphatic heterocycles. The molecule has 6 rings (SSSR count). The molecule has 1 saturated heterocycles. The lowest BCUT2D eigenvalue weighted by atomic mass is 9.52. The van der Waals surface area contributed by atoms with E-state index in [1.165, 1.54) is 29.4 Å². The topological polar surface area (TPSA) is 74.8 Å². The summed E-state index contributed by atoms with van der Waals surface area (Å²) in [5.74, 6) is 2.06. The Hall–Kier alpha value is -2.89. The molecule has 1 amide bonds. The van der Waals surface area contributed by atoms with Crippen LogP contribution < -0.4 is 9.47 Å². The van der Waals surface area contributed by atoms with Crippen LogP contribution in [0.25, 0.3) is 21.8 Å².